The highest BCUT2D eigenvalue weighted by Gasteiger charge is 2.27. The van der Waals surface area contributed by atoms with Crippen LogP contribution in [0.3, 0.4) is 0 Å². The van der Waals surface area contributed by atoms with Crippen molar-refractivity contribution in [2.75, 3.05) is 19.7 Å². The van der Waals surface area contributed by atoms with Gasteiger partial charge in [0.05, 0.1) is 21.7 Å². The van der Waals surface area contributed by atoms with Gasteiger partial charge in [-0.2, -0.15) is 9.30 Å². The van der Waals surface area contributed by atoms with Crippen LogP contribution in [0.1, 0.15) is 30.1 Å². The smallest absolute Gasteiger partial charge is 0.279 e. The van der Waals surface area contributed by atoms with E-state index in [2.05, 4.69) is 11.6 Å². The number of nitrogens with zero attached hydrogens (tertiary/aromatic N) is 3. The number of amides is 1. The predicted molar refractivity (Wildman–Crippen MR) is 126 cm³/mol. The summed E-state index contributed by atoms with van der Waals surface area (Å²) < 4.78 is 35.3. The Balaban J connectivity index is 1.66. The minimum absolute atomic E-state index is 0.197. The molecule has 7 nitrogen and oxygen atoms in total. The number of allylic oxidation sites excluding steroid dienone is 1. The zero-order valence-electron chi connectivity index (χ0n) is 17.9. The molecular formula is C23H25N3O4S2. The summed E-state index contributed by atoms with van der Waals surface area (Å²) in [5.74, 6) is 0.337. The summed E-state index contributed by atoms with van der Waals surface area (Å²) >= 11 is 1.40. The largest absolute Gasteiger partial charge is 0.494 e. The summed E-state index contributed by atoms with van der Waals surface area (Å²) in [6.45, 7) is 7.89. The molecule has 0 N–H and O–H groups in total. The zero-order chi connectivity index (χ0) is 22.7. The molecule has 0 aliphatic carbocycles. The Morgan fingerprint density at radius 1 is 1.19 bits per heavy atom. The highest BCUT2D eigenvalue weighted by atomic mass is 32.2. The van der Waals surface area contributed by atoms with E-state index in [1.807, 2.05) is 29.7 Å². The molecule has 2 aromatic carbocycles. The number of hydrogen-bond acceptors (Lipinski definition) is 5. The molecule has 1 aliphatic heterocycles. The fourth-order valence-electron chi connectivity index (χ4n) is 3.70. The summed E-state index contributed by atoms with van der Waals surface area (Å²) in [4.78, 5) is 17.9. The standard InChI is InChI=1S/C23H25N3O4S2/c1-3-13-26-20-12-9-18(30-4-2)16-21(20)31-23(26)24-22(27)17-7-10-19(11-8-17)32(28,29)25-14-5-6-15-25/h3,7-12,16H,1,4-6,13-15H2,2H3. The van der Waals surface area contributed by atoms with Crippen LogP contribution in [0, 0.1) is 0 Å². The van der Waals surface area contributed by atoms with Crippen molar-refractivity contribution in [2.45, 2.75) is 31.2 Å². The van der Waals surface area contributed by atoms with Gasteiger partial charge in [0.1, 0.15) is 5.75 Å². The van der Waals surface area contributed by atoms with Crippen LogP contribution in [0.2, 0.25) is 0 Å². The van der Waals surface area contributed by atoms with Crippen LogP contribution in [0.5, 0.6) is 5.75 Å². The van der Waals surface area contributed by atoms with Crippen LogP contribution in [0.4, 0.5) is 0 Å². The summed E-state index contributed by atoms with van der Waals surface area (Å²) in [7, 11) is -3.51. The lowest BCUT2D eigenvalue weighted by atomic mass is 10.2. The van der Waals surface area contributed by atoms with E-state index in [-0.39, 0.29) is 4.90 Å². The quantitative estimate of drug-likeness (QED) is 0.491. The second-order valence-corrected chi connectivity index (χ2v) is 10.3. The van der Waals surface area contributed by atoms with E-state index in [9.17, 15) is 13.2 Å². The van der Waals surface area contributed by atoms with Gasteiger partial charge in [0.15, 0.2) is 4.80 Å². The molecule has 32 heavy (non-hydrogen) atoms. The highest BCUT2D eigenvalue weighted by molar-refractivity contribution is 7.89. The second kappa shape index (κ2) is 9.40. The fraction of sp³-hybridized carbons (Fsp3) is 0.304. The first-order chi connectivity index (χ1) is 15.4. The van der Waals surface area contributed by atoms with Gasteiger partial charge in [-0.25, -0.2) is 8.42 Å². The van der Waals surface area contributed by atoms with Crippen LogP contribution in [-0.2, 0) is 16.6 Å². The molecule has 1 fully saturated rings. The molecule has 0 atom stereocenters. The van der Waals surface area contributed by atoms with Crippen LogP contribution in [0.25, 0.3) is 10.2 Å². The Hall–Kier alpha value is -2.75. The van der Waals surface area contributed by atoms with E-state index in [0.717, 1.165) is 28.8 Å². The highest BCUT2D eigenvalue weighted by Crippen LogP contribution is 2.24. The van der Waals surface area contributed by atoms with Crippen LogP contribution in [0.15, 0.2) is 65.0 Å². The third kappa shape index (κ3) is 4.41. The molecule has 3 aromatic rings. The number of carbonyl (C=O) groups excluding carboxylic acids is 1. The maximum atomic E-state index is 12.9. The number of hydrogen-bond donors (Lipinski definition) is 0. The number of sulfonamides is 1. The monoisotopic (exact) mass is 471 g/mol. The third-order valence-corrected chi connectivity index (χ3v) is 8.23. The number of carbonyl (C=O) groups is 1. The molecule has 1 amide bonds. The van der Waals surface area contributed by atoms with Crippen LogP contribution in [-0.4, -0.2) is 42.9 Å². The SMILES string of the molecule is C=CCn1c(=NC(=O)c2ccc(S(=O)(=O)N3CCCC3)cc2)sc2cc(OCC)ccc21. The average Bonchev–Trinajstić information content (AvgIpc) is 3.44. The Morgan fingerprint density at radius 2 is 1.91 bits per heavy atom. The first-order valence-corrected chi connectivity index (χ1v) is 12.8. The van der Waals surface area contributed by atoms with Gasteiger partial charge in [-0.15, -0.1) is 6.58 Å². The lowest BCUT2D eigenvalue weighted by molar-refractivity contribution is 0.0997. The van der Waals surface area contributed by atoms with Gasteiger partial charge < -0.3 is 9.30 Å². The third-order valence-electron chi connectivity index (χ3n) is 5.28. The van der Waals surface area contributed by atoms with Crippen LogP contribution >= 0.6 is 11.3 Å². The van der Waals surface area contributed by atoms with Gasteiger partial charge in [0, 0.05) is 25.2 Å². The molecule has 0 spiro atoms. The Kier molecular flexibility index (Phi) is 6.59. The number of ether oxygens (including phenoxy) is 1. The molecule has 0 unspecified atom stereocenters. The lowest BCUT2D eigenvalue weighted by Crippen LogP contribution is -2.27. The maximum absolute atomic E-state index is 12.9. The van der Waals surface area contributed by atoms with Crippen molar-refractivity contribution in [2.24, 2.45) is 4.99 Å². The second-order valence-electron chi connectivity index (χ2n) is 7.40. The van der Waals surface area contributed by atoms with Gasteiger partial charge in [-0.1, -0.05) is 17.4 Å². The van der Waals surface area contributed by atoms with Crippen LogP contribution < -0.4 is 9.54 Å². The zero-order valence-corrected chi connectivity index (χ0v) is 19.5. The van der Waals surface area contributed by atoms with Crippen molar-refractivity contribution >= 4 is 37.5 Å². The Labute approximate surface area is 191 Å². The van der Waals surface area contributed by atoms with Crippen molar-refractivity contribution < 1.29 is 17.9 Å². The predicted octanol–water partition coefficient (Wildman–Crippen LogP) is 3.81. The molecule has 0 radical (unpaired) electrons. The van der Waals surface area contributed by atoms with Crippen molar-refractivity contribution in [3.05, 3.63) is 65.5 Å². The number of thiazole rings is 1. The van der Waals surface area contributed by atoms with E-state index >= 15 is 0 Å². The summed E-state index contributed by atoms with van der Waals surface area (Å²) in [5.41, 5.74) is 1.28. The molecule has 2 heterocycles. The fourth-order valence-corrected chi connectivity index (χ4v) is 6.28. The molecular weight excluding hydrogens is 446 g/mol. The first kappa shape index (κ1) is 22.4. The number of rotatable bonds is 7. The minimum atomic E-state index is -3.51. The topological polar surface area (TPSA) is 81.0 Å². The molecule has 1 saturated heterocycles. The first-order valence-electron chi connectivity index (χ1n) is 10.5. The number of benzene rings is 2. The molecule has 168 valence electrons. The molecule has 4 rings (SSSR count). The lowest BCUT2D eigenvalue weighted by Gasteiger charge is -2.15. The van der Waals surface area contributed by atoms with Gasteiger partial charge in [0.25, 0.3) is 5.91 Å². The molecule has 9 heteroatoms. The van der Waals surface area contributed by atoms with Gasteiger partial charge in [0.2, 0.25) is 10.0 Å². The van der Waals surface area contributed by atoms with Gasteiger partial charge in [-0.05, 0) is 62.2 Å². The van der Waals surface area contributed by atoms with Crippen molar-refractivity contribution in [1.29, 1.82) is 0 Å². The Morgan fingerprint density at radius 3 is 2.56 bits per heavy atom. The number of aromatic nitrogens is 1. The normalized spacial score (nSPS) is 15.3. The average molecular weight is 472 g/mol. The molecule has 1 aliphatic rings. The van der Waals surface area contributed by atoms with Gasteiger partial charge >= 0.3 is 0 Å². The van der Waals surface area contributed by atoms with Crippen molar-refractivity contribution in [3.63, 3.8) is 0 Å². The van der Waals surface area contributed by atoms with E-state index < -0.39 is 15.9 Å². The maximum Gasteiger partial charge on any atom is 0.279 e. The van der Waals surface area contributed by atoms with Crippen molar-refractivity contribution in [3.8, 4) is 5.75 Å². The molecule has 0 saturated carbocycles. The molecule has 1 aromatic heterocycles. The summed E-state index contributed by atoms with van der Waals surface area (Å²) in [6.07, 6.45) is 3.51. The number of fused-ring (bicyclic) bond motifs is 1. The minimum Gasteiger partial charge on any atom is -0.494 e. The van der Waals surface area contributed by atoms with E-state index in [1.54, 1.807) is 6.08 Å². The van der Waals surface area contributed by atoms with E-state index in [4.69, 9.17) is 4.74 Å². The summed E-state index contributed by atoms with van der Waals surface area (Å²) in [6, 6.07) is 11.8. The van der Waals surface area contributed by atoms with Gasteiger partial charge in [-0.3, -0.25) is 4.79 Å². The summed E-state index contributed by atoms with van der Waals surface area (Å²) in [5, 5.41) is 0. The Bertz CT molecular complexity index is 1320. The molecule has 0 bridgehead atoms. The van der Waals surface area contributed by atoms with Crippen molar-refractivity contribution in [1.82, 2.24) is 8.87 Å². The van der Waals surface area contributed by atoms with E-state index in [0.29, 0.717) is 36.6 Å². The van der Waals surface area contributed by atoms with E-state index in [1.165, 1.54) is 39.9 Å².